The van der Waals surface area contributed by atoms with Crippen LogP contribution in [-0.4, -0.2) is 60.6 Å². The summed E-state index contributed by atoms with van der Waals surface area (Å²) in [6.07, 6.45) is 3.26. The maximum Gasteiger partial charge on any atom is 0.222 e. The highest BCUT2D eigenvalue weighted by molar-refractivity contribution is 5.76. The molecule has 1 heterocycles. The summed E-state index contributed by atoms with van der Waals surface area (Å²) in [5.41, 5.74) is 0.342. The third kappa shape index (κ3) is 5.54. The van der Waals surface area contributed by atoms with Gasteiger partial charge in [-0.05, 0) is 39.5 Å². The van der Waals surface area contributed by atoms with Crippen molar-refractivity contribution in [2.24, 2.45) is 11.3 Å². The molecule has 0 N–H and O–H groups in total. The highest BCUT2D eigenvalue weighted by Crippen LogP contribution is 2.47. The summed E-state index contributed by atoms with van der Waals surface area (Å²) < 4.78 is 6.01. The van der Waals surface area contributed by atoms with Gasteiger partial charge in [0.25, 0.3) is 0 Å². The van der Waals surface area contributed by atoms with Crippen LogP contribution in [0.1, 0.15) is 53.9 Å². The fourth-order valence-corrected chi connectivity index (χ4v) is 3.00. The molecule has 0 radical (unpaired) electrons. The van der Waals surface area contributed by atoms with Crippen molar-refractivity contribution in [3.05, 3.63) is 0 Å². The Kier molecular flexibility index (Phi) is 5.54. The number of hydrogen-bond acceptors (Lipinski definition) is 3. The molecule has 1 saturated carbocycles. The SMILES string of the molecule is CC(C)CC(=O)N1CCN(CC2(COC(C)(C)C)CC2)CC1. The molecule has 0 atom stereocenters. The fourth-order valence-electron chi connectivity index (χ4n) is 3.00. The summed E-state index contributed by atoms with van der Waals surface area (Å²) in [7, 11) is 0. The van der Waals surface area contributed by atoms with Crippen molar-refractivity contribution in [2.45, 2.75) is 59.5 Å². The van der Waals surface area contributed by atoms with Crippen LogP contribution in [0.4, 0.5) is 0 Å². The first-order valence-corrected chi connectivity index (χ1v) is 8.83. The topological polar surface area (TPSA) is 32.8 Å². The maximum absolute atomic E-state index is 12.1. The van der Waals surface area contributed by atoms with E-state index in [-0.39, 0.29) is 5.60 Å². The second kappa shape index (κ2) is 6.88. The van der Waals surface area contributed by atoms with Crippen molar-refractivity contribution >= 4 is 5.91 Å². The molecule has 0 aromatic carbocycles. The number of nitrogens with zero attached hydrogens (tertiary/aromatic N) is 2. The number of rotatable bonds is 6. The van der Waals surface area contributed by atoms with Crippen molar-refractivity contribution in [1.82, 2.24) is 9.80 Å². The fraction of sp³-hybridized carbons (Fsp3) is 0.944. The maximum atomic E-state index is 12.1. The Bertz CT molecular complexity index is 375. The smallest absolute Gasteiger partial charge is 0.222 e. The van der Waals surface area contributed by atoms with Crippen molar-refractivity contribution in [1.29, 1.82) is 0 Å². The van der Waals surface area contributed by atoms with E-state index >= 15 is 0 Å². The van der Waals surface area contributed by atoms with Gasteiger partial charge in [-0.3, -0.25) is 9.69 Å². The van der Waals surface area contributed by atoms with Gasteiger partial charge in [0.05, 0.1) is 12.2 Å². The quantitative estimate of drug-likeness (QED) is 0.756. The zero-order chi connectivity index (χ0) is 16.4. The first kappa shape index (κ1) is 17.7. The molecule has 2 fully saturated rings. The van der Waals surface area contributed by atoms with Gasteiger partial charge in [-0.15, -0.1) is 0 Å². The lowest BCUT2D eigenvalue weighted by molar-refractivity contribution is -0.134. The van der Waals surface area contributed by atoms with Gasteiger partial charge in [0.2, 0.25) is 5.91 Å². The number of ether oxygens (including phenoxy) is 1. The minimum atomic E-state index is -0.0441. The van der Waals surface area contributed by atoms with Crippen LogP contribution in [0, 0.1) is 11.3 Å². The molecule has 0 unspecified atom stereocenters. The van der Waals surface area contributed by atoms with Crippen LogP contribution >= 0.6 is 0 Å². The average molecular weight is 310 g/mol. The van der Waals surface area contributed by atoms with Gasteiger partial charge in [0.15, 0.2) is 0 Å². The normalized spacial score (nSPS) is 22.2. The number of piperazine rings is 1. The lowest BCUT2D eigenvalue weighted by Crippen LogP contribution is -2.50. The standard InChI is InChI=1S/C18H34N2O2/c1-15(2)12-16(21)20-10-8-19(9-11-20)13-18(6-7-18)14-22-17(3,4)5/h15H,6-14H2,1-5H3. The molecule has 1 saturated heterocycles. The Morgan fingerprint density at radius 1 is 1.14 bits per heavy atom. The molecule has 2 rings (SSSR count). The predicted octanol–water partition coefficient (Wildman–Crippen LogP) is 2.77. The minimum Gasteiger partial charge on any atom is -0.375 e. The van der Waals surface area contributed by atoms with E-state index < -0.39 is 0 Å². The van der Waals surface area contributed by atoms with Crippen LogP contribution in [0.25, 0.3) is 0 Å². The van der Waals surface area contributed by atoms with E-state index in [4.69, 9.17) is 4.74 Å². The second-order valence-corrected chi connectivity index (χ2v) is 8.66. The van der Waals surface area contributed by atoms with Crippen LogP contribution < -0.4 is 0 Å². The summed E-state index contributed by atoms with van der Waals surface area (Å²) in [6, 6.07) is 0. The van der Waals surface area contributed by atoms with E-state index in [0.29, 0.717) is 23.7 Å². The highest BCUT2D eigenvalue weighted by Gasteiger charge is 2.45. The van der Waals surface area contributed by atoms with Gasteiger partial charge in [-0.2, -0.15) is 0 Å². The van der Waals surface area contributed by atoms with Crippen molar-refractivity contribution in [3.63, 3.8) is 0 Å². The number of amides is 1. The Morgan fingerprint density at radius 2 is 1.73 bits per heavy atom. The lowest BCUT2D eigenvalue weighted by Gasteiger charge is -2.37. The summed E-state index contributed by atoms with van der Waals surface area (Å²) in [6.45, 7) is 16.4. The van der Waals surface area contributed by atoms with Gasteiger partial charge in [-0.1, -0.05) is 13.8 Å². The molecule has 0 aromatic heterocycles. The van der Waals surface area contributed by atoms with Gasteiger partial charge < -0.3 is 9.64 Å². The molecule has 0 aromatic rings. The van der Waals surface area contributed by atoms with Crippen LogP contribution in [-0.2, 0) is 9.53 Å². The number of carbonyl (C=O) groups excluding carboxylic acids is 1. The zero-order valence-electron chi connectivity index (χ0n) is 15.2. The molecule has 22 heavy (non-hydrogen) atoms. The highest BCUT2D eigenvalue weighted by atomic mass is 16.5. The van der Waals surface area contributed by atoms with Crippen LogP contribution in [0.3, 0.4) is 0 Å². The molecule has 1 aliphatic heterocycles. The summed E-state index contributed by atoms with van der Waals surface area (Å²) >= 11 is 0. The van der Waals surface area contributed by atoms with E-state index in [2.05, 4.69) is 39.5 Å². The third-order valence-corrected chi connectivity index (χ3v) is 4.64. The molecule has 0 spiro atoms. The zero-order valence-corrected chi connectivity index (χ0v) is 15.2. The Labute approximate surface area is 136 Å². The molecular weight excluding hydrogens is 276 g/mol. The monoisotopic (exact) mass is 310 g/mol. The first-order valence-electron chi connectivity index (χ1n) is 8.83. The Balaban J connectivity index is 1.72. The van der Waals surface area contributed by atoms with Gasteiger partial charge in [0, 0.05) is 44.6 Å². The van der Waals surface area contributed by atoms with Crippen molar-refractivity contribution in [2.75, 3.05) is 39.3 Å². The van der Waals surface area contributed by atoms with Gasteiger partial charge in [-0.25, -0.2) is 0 Å². The average Bonchev–Trinajstić information content (AvgIpc) is 3.16. The molecule has 4 heteroatoms. The molecule has 1 amide bonds. The second-order valence-electron chi connectivity index (χ2n) is 8.66. The molecule has 2 aliphatic rings. The Hall–Kier alpha value is -0.610. The molecule has 0 bridgehead atoms. The third-order valence-electron chi connectivity index (χ3n) is 4.64. The summed E-state index contributed by atoms with van der Waals surface area (Å²) in [5.74, 6) is 0.779. The number of carbonyl (C=O) groups is 1. The van der Waals surface area contributed by atoms with Gasteiger partial charge in [0.1, 0.15) is 0 Å². The van der Waals surface area contributed by atoms with Gasteiger partial charge >= 0.3 is 0 Å². The van der Waals surface area contributed by atoms with E-state index in [0.717, 1.165) is 39.3 Å². The molecule has 128 valence electrons. The first-order chi connectivity index (χ1) is 10.2. The predicted molar refractivity (Wildman–Crippen MR) is 89.8 cm³/mol. The lowest BCUT2D eigenvalue weighted by atomic mass is 10.1. The van der Waals surface area contributed by atoms with Crippen LogP contribution in [0.2, 0.25) is 0 Å². The van der Waals surface area contributed by atoms with E-state index in [9.17, 15) is 4.79 Å². The summed E-state index contributed by atoms with van der Waals surface area (Å²) in [4.78, 5) is 16.7. The Morgan fingerprint density at radius 3 is 2.18 bits per heavy atom. The number of hydrogen-bond donors (Lipinski definition) is 0. The van der Waals surface area contributed by atoms with E-state index in [1.165, 1.54) is 12.8 Å². The molecule has 4 nitrogen and oxygen atoms in total. The molecular formula is C18H34N2O2. The van der Waals surface area contributed by atoms with Crippen molar-refractivity contribution in [3.8, 4) is 0 Å². The largest absolute Gasteiger partial charge is 0.375 e. The minimum absolute atomic E-state index is 0.0441. The van der Waals surface area contributed by atoms with Crippen LogP contribution in [0.15, 0.2) is 0 Å². The van der Waals surface area contributed by atoms with E-state index in [1.54, 1.807) is 0 Å². The van der Waals surface area contributed by atoms with Crippen molar-refractivity contribution < 1.29 is 9.53 Å². The van der Waals surface area contributed by atoms with Crippen LogP contribution in [0.5, 0.6) is 0 Å². The van der Waals surface area contributed by atoms with E-state index in [1.807, 2.05) is 4.90 Å². The summed E-state index contributed by atoms with van der Waals surface area (Å²) in [5, 5.41) is 0. The molecule has 1 aliphatic carbocycles.